The van der Waals surface area contributed by atoms with Crippen molar-refractivity contribution in [3.8, 4) is 0 Å². The van der Waals surface area contributed by atoms with Crippen molar-refractivity contribution in [2.24, 2.45) is 0 Å². The Morgan fingerprint density at radius 2 is 2.32 bits per heavy atom. The molecule has 8 nitrogen and oxygen atoms in total. The average Bonchev–Trinajstić information content (AvgIpc) is 2.99. The van der Waals surface area contributed by atoms with E-state index < -0.39 is 5.97 Å². The fourth-order valence-electron chi connectivity index (χ4n) is 1.57. The standard InChI is InChI=1S/C11H12N4O4/c16-9(12-4-3-10-13-7-14-19-10)6-15-5-1-2-8(15)11(17)18/h1-2,5,7H,3-4,6H2,(H,12,16)(H,17,18). The van der Waals surface area contributed by atoms with E-state index in [1.807, 2.05) is 0 Å². The van der Waals surface area contributed by atoms with Gasteiger partial charge in [0.1, 0.15) is 12.2 Å². The lowest BCUT2D eigenvalue weighted by atomic mass is 10.4. The van der Waals surface area contributed by atoms with Crippen LogP contribution in [0.1, 0.15) is 16.4 Å². The van der Waals surface area contributed by atoms with Crippen LogP contribution in [-0.2, 0) is 17.8 Å². The zero-order chi connectivity index (χ0) is 13.7. The van der Waals surface area contributed by atoms with E-state index in [-0.39, 0.29) is 18.1 Å². The highest BCUT2D eigenvalue weighted by atomic mass is 16.5. The van der Waals surface area contributed by atoms with E-state index in [9.17, 15) is 9.59 Å². The molecule has 2 N–H and O–H groups in total. The lowest BCUT2D eigenvalue weighted by Gasteiger charge is -2.06. The summed E-state index contributed by atoms with van der Waals surface area (Å²) >= 11 is 0. The van der Waals surface area contributed by atoms with Crippen LogP contribution in [0.15, 0.2) is 29.2 Å². The van der Waals surface area contributed by atoms with Crippen molar-refractivity contribution in [3.63, 3.8) is 0 Å². The minimum Gasteiger partial charge on any atom is -0.477 e. The lowest BCUT2D eigenvalue weighted by Crippen LogP contribution is -2.30. The van der Waals surface area contributed by atoms with E-state index in [1.54, 1.807) is 12.3 Å². The van der Waals surface area contributed by atoms with Gasteiger partial charge in [-0.1, -0.05) is 5.16 Å². The molecule has 0 atom stereocenters. The van der Waals surface area contributed by atoms with Gasteiger partial charge in [0.25, 0.3) is 0 Å². The van der Waals surface area contributed by atoms with Gasteiger partial charge in [0, 0.05) is 19.2 Å². The molecule has 2 aromatic heterocycles. The number of nitrogens with one attached hydrogen (secondary N) is 1. The third kappa shape index (κ3) is 3.41. The minimum atomic E-state index is -1.07. The van der Waals surface area contributed by atoms with Crippen LogP contribution >= 0.6 is 0 Å². The van der Waals surface area contributed by atoms with Crippen LogP contribution in [0, 0.1) is 0 Å². The molecule has 8 heteroatoms. The first kappa shape index (κ1) is 12.8. The molecule has 100 valence electrons. The summed E-state index contributed by atoms with van der Waals surface area (Å²) in [6, 6.07) is 3.02. The number of aromatic carboxylic acids is 1. The molecule has 0 aliphatic carbocycles. The van der Waals surface area contributed by atoms with Crippen LogP contribution < -0.4 is 5.32 Å². The third-order valence-corrected chi connectivity index (χ3v) is 2.43. The van der Waals surface area contributed by atoms with Gasteiger partial charge < -0.3 is 19.5 Å². The molecule has 2 rings (SSSR count). The third-order valence-electron chi connectivity index (χ3n) is 2.43. The molecule has 0 aromatic carbocycles. The Balaban J connectivity index is 1.81. The number of aromatic nitrogens is 3. The fourth-order valence-corrected chi connectivity index (χ4v) is 1.57. The van der Waals surface area contributed by atoms with Crippen molar-refractivity contribution in [2.45, 2.75) is 13.0 Å². The molecule has 0 unspecified atom stereocenters. The highest BCUT2D eigenvalue weighted by Crippen LogP contribution is 2.01. The first-order valence-corrected chi connectivity index (χ1v) is 5.57. The predicted molar refractivity (Wildman–Crippen MR) is 62.4 cm³/mol. The van der Waals surface area contributed by atoms with Crippen molar-refractivity contribution in [2.75, 3.05) is 6.54 Å². The molecular formula is C11H12N4O4. The number of nitrogens with zero attached hydrogens (tertiary/aromatic N) is 3. The fraction of sp³-hybridized carbons (Fsp3) is 0.273. The maximum atomic E-state index is 11.6. The van der Waals surface area contributed by atoms with Crippen LogP contribution in [0.2, 0.25) is 0 Å². The van der Waals surface area contributed by atoms with Crippen molar-refractivity contribution in [1.29, 1.82) is 0 Å². The highest BCUT2D eigenvalue weighted by Gasteiger charge is 2.11. The Kier molecular flexibility index (Phi) is 3.91. The van der Waals surface area contributed by atoms with Gasteiger partial charge in [0.15, 0.2) is 6.33 Å². The van der Waals surface area contributed by atoms with E-state index in [1.165, 1.54) is 17.0 Å². The number of carboxylic acids is 1. The highest BCUT2D eigenvalue weighted by molar-refractivity contribution is 5.86. The smallest absolute Gasteiger partial charge is 0.352 e. The van der Waals surface area contributed by atoms with Gasteiger partial charge in [0.2, 0.25) is 11.8 Å². The van der Waals surface area contributed by atoms with Crippen LogP contribution in [0.25, 0.3) is 0 Å². The summed E-state index contributed by atoms with van der Waals surface area (Å²) in [6.45, 7) is 0.309. The maximum Gasteiger partial charge on any atom is 0.352 e. The van der Waals surface area contributed by atoms with Gasteiger partial charge in [-0.05, 0) is 12.1 Å². The van der Waals surface area contributed by atoms with Crippen molar-refractivity contribution in [1.82, 2.24) is 20.0 Å². The van der Waals surface area contributed by atoms with E-state index in [0.29, 0.717) is 18.9 Å². The second-order valence-corrected chi connectivity index (χ2v) is 3.76. The van der Waals surface area contributed by atoms with Crippen LogP contribution in [-0.4, -0.2) is 38.2 Å². The van der Waals surface area contributed by atoms with Crippen LogP contribution in [0.5, 0.6) is 0 Å². The number of carbonyl (C=O) groups excluding carboxylic acids is 1. The molecule has 2 aromatic rings. The first-order valence-electron chi connectivity index (χ1n) is 5.57. The number of carboxylic acid groups (broad SMARTS) is 1. The monoisotopic (exact) mass is 264 g/mol. The van der Waals surface area contributed by atoms with E-state index in [2.05, 4.69) is 15.5 Å². The lowest BCUT2D eigenvalue weighted by molar-refractivity contribution is -0.121. The van der Waals surface area contributed by atoms with Gasteiger partial charge in [0.05, 0.1) is 0 Å². The van der Waals surface area contributed by atoms with E-state index >= 15 is 0 Å². The summed E-state index contributed by atoms with van der Waals surface area (Å²) in [5.74, 6) is -0.908. The van der Waals surface area contributed by atoms with Gasteiger partial charge in [-0.25, -0.2) is 4.79 Å². The normalized spacial score (nSPS) is 10.3. The van der Waals surface area contributed by atoms with Crippen molar-refractivity contribution < 1.29 is 19.2 Å². The second-order valence-electron chi connectivity index (χ2n) is 3.76. The SMILES string of the molecule is O=C(Cn1cccc1C(=O)O)NCCc1ncno1. The van der Waals surface area contributed by atoms with E-state index in [0.717, 1.165) is 0 Å². The maximum absolute atomic E-state index is 11.6. The quantitative estimate of drug-likeness (QED) is 0.755. The molecule has 0 saturated carbocycles. The molecule has 0 saturated heterocycles. The topological polar surface area (TPSA) is 110 Å². The number of carbonyl (C=O) groups is 2. The van der Waals surface area contributed by atoms with Gasteiger partial charge >= 0.3 is 5.97 Å². The predicted octanol–water partition coefficient (Wildman–Crippen LogP) is -0.0718. The molecule has 0 spiro atoms. The molecule has 0 aliphatic rings. The van der Waals surface area contributed by atoms with Crippen molar-refractivity contribution in [3.05, 3.63) is 36.2 Å². The van der Waals surface area contributed by atoms with Crippen molar-refractivity contribution >= 4 is 11.9 Å². The second kappa shape index (κ2) is 5.80. The Morgan fingerprint density at radius 3 is 3.00 bits per heavy atom. The molecular weight excluding hydrogens is 252 g/mol. The summed E-state index contributed by atoms with van der Waals surface area (Å²) in [7, 11) is 0. The number of hydrogen-bond acceptors (Lipinski definition) is 5. The number of hydrogen-bond donors (Lipinski definition) is 2. The average molecular weight is 264 g/mol. The molecule has 0 fully saturated rings. The molecule has 19 heavy (non-hydrogen) atoms. The number of rotatable bonds is 6. The van der Waals surface area contributed by atoms with Crippen LogP contribution in [0.4, 0.5) is 0 Å². The van der Waals surface area contributed by atoms with Gasteiger partial charge in [-0.3, -0.25) is 4.79 Å². The molecule has 0 radical (unpaired) electrons. The summed E-state index contributed by atoms with van der Waals surface area (Å²) in [6.07, 6.45) is 3.26. The zero-order valence-corrected chi connectivity index (χ0v) is 9.94. The molecule has 2 heterocycles. The van der Waals surface area contributed by atoms with Gasteiger partial charge in [-0.2, -0.15) is 4.98 Å². The summed E-state index contributed by atoms with van der Waals surface area (Å²) < 4.78 is 6.14. The first-order chi connectivity index (χ1) is 9.16. The number of amides is 1. The largest absolute Gasteiger partial charge is 0.477 e. The van der Waals surface area contributed by atoms with Crippen LogP contribution in [0.3, 0.4) is 0 Å². The minimum absolute atomic E-state index is 0.0432. The Labute approximate surface area is 108 Å². The van der Waals surface area contributed by atoms with E-state index in [4.69, 9.17) is 9.63 Å². The zero-order valence-electron chi connectivity index (χ0n) is 9.94. The van der Waals surface area contributed by atoms with Gasteiger partial charge in [-0.15, -0.1) is 0 Å². The summed E-state index contributed by atoms with van der Waals surface area (Å²) in [5.41, 5.74) is 0.0760. The molecule has 0 bridgehead atoms. The molecule has 1 amide bonds. The summed E-state index contributed by atoms with van der Waals surface area (Å²) in [4.78, 5) is 26.3. The Morgan fingerprint density at radius 1 is 1.47 bits per heavy atom. The molecule has 0 aliphatic heterocycles. The summed E-state index contributed by atoms with van der Waals surface area (Å²) in [5, 5.41) is 15.0. The Bertz CT molecular complexity index is 561. The Hall–Kier alpha value is -2.64.